The summed E-state index contributed by atoms with van der Waals surface area (Å²) in [6.45, 7) is 5.89. The van der Waals surface area contributed by atoms with Crippen LogP contribution in [0.25, 0.3) is 0 Å². The largest absolute Gasteiger partial charge is 0.513 e. The molecule has 5 heteroatoms. The van der Waals surface area contributed by atoms with Crippen molar-refractivity contribution < 1.29 is 5.11 Å². The maximum atomic E-state index is 9.55. The third kappa shape index (κ3) is 7.69. The van der Waals surface area contributed by atoms with E-state index in [2.05, 4.69) is 6.07 Å². The van der Waals surface area contributed by atoms with Crippen LogP contribution in [0, 0.1) is 11.3 Å². The number of nitrogens with zero attached hydrogens (tertiary/aromatic N) is 1. The fourth-order valence-electron chi connectivity index (χ4n) is 1.17. The average Bonchev–Trinajstić information content (AvgIpc) is 2.27. The molecule has 2 nitrogen and oxygen atoms in total. The highest BCUT2D eigenvalue weighted by Gasteiger charge is 2.26. The Hall–Kier alpha value is -0.180. The van der Waals surface area contributed by atoms with Crippen LogP contribution in [-0.2, 0) is 0 Å². The summed E-state index contributed by atoms with van der Waals surface area (Å²) in [6.07, 6.45) is 3.74. The van der Waals surface area contributed by atoms with E-state index in [1.807, 2.05) is 20.8 Å². The Kier molecular flexibility index (Phi) is 8.75. The van der Waals surface area contributed by atoms with E-state index < -0.39 is 4.75 Å². The summed E-state index contributed by atoms with van der Waals surface area (Å²) < 4.78 is 0.255. The molecular formula is C12H19NOS3. The molecule has 0 aromatic carbocycles. The standard InChI is InChI=1S/C12H19NOS3/c1-4-6-10(14)7-8-12(3,9-13)17-11(15)16-5-2/h6,14H,4-5,7-8H2,1-3H3/b10-6+. The summed E-state index contributed by atoms with van der Waals surface area (Å²) in [4.78, 5) is 0. The highest BCUT2D eigenvalue weighted by molar-refractivity contribution is 8.47. The maximum absolute atomic E-state index is 9.55. The van der Waals surface area contributed by atoms with Gasteiger partial charge in [-0.1, -0.05) is 37.8 Å². The molecule has 96 valence electrons. The van der Waals surface area contributed by atoms with Crippen molar-refractivity contribution in [2.24, 2.45) is 0 Å². The van der Waals surface area contributed by atoms with Crippen molar-refractivity contribution in [3.05, 3.63) is 11.8 Å². The van der Waals surface area contributed by atoms with Crippen LogP contribution >= 0.6 is 35.7 Å². The van der Waals surface area contributed by atoms with E-state index in [-0.39, 0.29) is 0 Å². The zero-order valence-electron chi connectivity index (χ0n) is 10.5. The Morgan fingerprint density at radius 2 is 2.18 bits per heavy atom. The molecule has 0 aliphatic rings. The molecule has 0 bridgehead atoms. The molecule has 0 spiro atoms. The van der Waals surface area contributed by atoms with Crippen molar-refractivity contribution in [3.8, 4) is 6.07 Å². The SMILES string of the molecule is CC/C=C(/O)CCC(C)(C#N)SC(=S)SCC. The van der Waals surface area contributed by atoms with Crippen LogP contribution in [0.4, 0.5) is 0 Å². The highest BCUT2D eigenvalue weighted by atomic mass is 32.2. The van der Waals surface area contributed by atoms with Gasteiger partial charge < -0.3 is 5.11 Å². The first kappa shape index (κ1) is 16.8. The van der Waals surface area contributed by atoms with Crippen LogP contribution < -0.4 is 0 Å². The molecule has 0 fully saturated rings. The van der Waals surface area contributed by atoms with Gasteiger partial charge in [-0.3, -0.25) is 0 Å². The van der Waals surface area contributed by atoms with Gasteiger partial charge in [-0.25, -0.2) is 0 Å². The molecule has 0 aromatic heterocycles. The molecule has 1 atom stereocenters. The lowest BCUT2D eigenvalue weighted by molar-refractivity contribution is 0.377. The molecule has 0 aliphatic heterocycles. The third-order valence-electron chi connectivity index (χ3n) is 2.11. The topological polar surface area (TPSA) is 44.0 Å². The first-order chi connectivity index (χ1) is 7.97. The minimum Gasteiger partial charge on any atom is -0.513 e. The normalized spacial score (nSPS) is 15.1. The number of hydrogen-bond donors (Lipinski definition) is 1. The van der Waals surface area contributed by atoms with Gasteiger partial charge in [-0.05, 0) is 31.6 Å². The van der Waals surface area contributed by atoms with Crippen molar-refractivity contribution in [3.63, 3.8) is 0 Å². The fourth-order valence-corrected chi connectivity index (χ4v) is 4.06. The second kappa shape index (κ2) is 8.84. The van der Waals surface area contributed by atoms with Gasteiger partial charge in [0.2, 0.25) is 0 Å². The van der Waals surface area contributed by atoms with Crippen molar-refractivity contribution in [1.29, 1.82) is 5.26 Å². The number of rotatable bonds is 6. The van der Waals surface area contributed by atoms with E-state index in [0.29, 0.717) is 18.6 Å². The molecule has 0 radical (unpaired) electrons. The summed E-state index contributed by atoms with van der Waals surface area (Å²) in [5.74, 6) is 1.29. The van der Waals surface area contributed by atoms with E-state index in [9.17, 15) is 10.4 Å². The molecule has 0 saturated carbocycles. The Morgan fingerprint density at radius 1 is 1.53 bits per heavy atom. The van der Waals surface area contributed by atoms with Gasteiger partial charge in [-0.15, -0.1) is 11.8 Å². The molecule has 0 aromatic rings. The quantitative estimate of drug-likeness (QED) is 0.568. The van der Waals surface area contributed by atoms with E-state index in [1.54, 1.807) is 17.8 Å². The van der Waals surface area contributed by atoms with Gasteiger partial charge in [0.25, 0.3) is 0 Å². The summed E-state index contributed by atoms with van der Waals surface area (Å²) in [7, 11) is 0. The third-order valence-corrected chi connectivity index (χ3v) is 4.75. The molecule has 0 aliphatic carbocycles. The molecule has 17 heavy (non-hydrogen) atoms. The van der Waals surface area contributed by atoms with Gasteiger partial charge in [0.15, 0.2) is 0 Å². The number of allylic oxidation sites excluding steroid dienone is 2. The van der Waals surface area contributed by atoms with Gasteiger partial charge in [0, 0.05) is 6.42 Å². The number of aliphatic hydroxyl groups excluding tert-OH is 1. The van der Waals surface area contributed by atoms with Gasteiger partial charge >= 0.3 is 0 Å². The van der Waals surface area contributed by atoms with Crippen LogP contribution in [0.3, 0.4) is 0 Å². The molecule has 0 amide bonds. The van der Waals surface area contributed by atoms with E-state index in [0.717, 1.165) is 15.7 Å². The first-order valence-corrected chi connectivity index (χ1v) is 7.83. The first-order valence-electron chi connectivity index (χ1n) is 5.62. The lowest BCUT2D eigenvalue weighted by atomic mass is 10.1. The Balaban J connectivity index is 4.34. The molecular weight excluding hydrogens is 270 g/mol. The lowest BCUT2D eigenvalue weighted by Gasteiger charge is -2.20. The number of thiocarbonyl (C=S) groups is 1. The minimum atomic E-state index is -0.547. The molecule has 0 heterocycles. The van der Waals surface area contributed by atoms with E-state index in [1.165, 1.54) is 11.8 Å². The summed E-state index contributed by atoms with van der Waals surface area (Å²) in [5, 5.41) is 18.8. The van der Waals surface area contributed by atoms with Crippen LogP contribution in [0.15, 0.2) is 11.8 Å². The van der Waals surface area contributed by atoms with E-state index >= 15 is 0 Å². The molecule has 0 rings (SSSR count). The zero-order chi connectivity index (χ0) is 13.3. The summed E-state index contributed by atoms with van der Waals surface area (Å²) >= 11 is 8.21. The smallest absolute Gasteiger partial charge is 0.106 e. The number of nitriles is 1. The molecule has 0 saturated heterocycles. The van der Waals surface area contributed by atoms with Crippen LogP contribution in [0.1, 0.15) is 40.0 Å². The highest BCUT2D eigenvalue weighted by Crippen LogP contribution is 2.35. The summed E-state index contributed by atoms with van der Waals surface area (Å²) in [6, 6.07) is 2.29. The van der Waals surface area contributed by atoms with Crippen LogP contribution in [0.5, 0.6) is 0 Å². The lowest BCUT2D eigenvalue weighted by Crippen LogP contribution is -2.19. The van der Waals surface area contributed by atoms with Gasteiger partial charge in [0.05, 0.1) is 11.8 Å². The van der Waals surface area contributed by atoms with E-state index in [4.69, 9.17) is 12.2 Å². The minimum absolute atomic E-state index is 0.364. The average molecular weight is 289 g/mol. The second-order valence-electron chi connectivity index (χ2n) is 3.73. The van der Waals surface area contributed by atoms with Crippen LogP contribution in [-0.4, -0.2) is 19.1 Å². The fraction of sp³-hybridized carbons (Fsp3) is 0.667. The van der Waals surface area contributed by atoms with Gasteiger partial charge in [0.1, 0.15) is 8.28 Å². The Bertz CT molecular complexity index is 322. The van der Waals surface area contributed by atoms with Crippen molar-refractivity contribution in [2.45, 2.75) is 44.8 Å². The monoisotopic (exact) mass is 289 g/mol. The predicted octanol–water partition coefficient (Wildman–Crippen LogP) is 4.67. The number of aliphatic hydroxyl groups is 1. The Labute approximate surface area is 118 Å². The van der Waals surface area contributed by atoms with Crippen molar-refractivity contribution in [2.75, 3.05) is 5.75 Å². The van der Waals surface area contributed by atoms with Gasteiger partial charge in [-0.2, -0.15) is 5.26 Å². The van der Waals surface area contributed by atoms with Crippen LogP contribution in [0.2, 0.25) is 0 Å². The van der Waals surface area contributed by atoms with Crippen molar-refractivity contribution >= 4 is 39.3 Å². The van der Waals surface area contributed by atoms with Crippen molar-refractivity contribution in [1.82, 2.24) is 0 Å². The number of hydrogen-bond acceptors (Lipinski definition) is 5. The summed E-state index contributed by atoms with van der Waals surface area (Å²) in [5.41, 5.74) is 0. The second-order valence-corrected chi connectivity index (χ2v) is 7.70. The zero-order valence-corrected chi connectivity index (χ0v) is 13.0. The number of thioether (sulfide) groups is 2. The Morgan fingerprint density at radius 3 is 2.65 bits per heavy atom. The predicted molar refractivity (Wildman–Crippen MR) is 82.6 cm³/mol. The molecule has 1 unspecified atom stereocenters. The molecule has 1 N–H and O–H groups in total. The maximum Gasteiger partial charge on any atom is 0.106 e.